The first kappa shape index (κ1) is 21.0. The molecule has 0 saturated carbocycles. The van der Waals surface area contributed by atoms with Gasteiger partial charge >= 0.3 is 0 Å². The number of rotatable bonds is 7. The number of amides is 1. The number of thiocarbonyl (C=S) groups is 1. The molecule has 1 aliphatic heterocycles. The first-order valence-electron chi connectivity index (χ1n) is 9.31. The lowest BCUT2D eigenvalue weighted by Gasteiger charge is -2.19. The quantitative estimate of drug-likeness (QED) is 0.475. The van der Waals surface area contributed by atoms with Crippen molar-refractivity contribution in [2.45, 2.75) is 25.5 Å². The fourth-order valence-corrected chi connectivity index (χ4v) is 4.41. The molecule has 1 aliphatic rings. The lowest BCUT2D eigenvalue weighted by molar-refractivity contribution is -0.117. The van der Waals surface area contributed by atoms with Crippen molar-refractivity contribution in [1.82, 2.24) is 5.32 Å². The molecule has 148 valence electrons. The number of thioether (sulfide) groups is 1. The molecular weight excluding hydrogens is 410 g/mol. The summed E-state index contributed by atoms with van der Waals surface area (Å²) < 4.78 is 0. The van der Waals surface area contributed by atoms with Crippen LogP contribution in [-0.4, -0.2) is 29.9 Å². The monoisotopic (exact) mass is 433 g/mol. The van der Waals surface area contributed by atoms with Gasteiger partial charge in [0.25, 0.3) is 0 Å². The molecule has 2 N–H and O–H groups in total. The summed E-state index contributed by atoms with van der Waals surface area (Å²) in [5.74, 6) is 2.08. The molecular formula is C21H24ClN3OS2. The number of carbonyl (C=O) groups excluding carboxylic acids is 1. The summed E-state index contributed by atoms with van der Waals surface area (Å²) in [5, 5.41) is 7.83. The summed E-state index contributed by atoms with van der Waals surface area (Å²) in [6.07, 6.45) is 1.57. The summed E-state index contributed by atoms with van der Waals surface area (Å²) >= 11 is 13.2. The zero-order valence-electron chi connectivity index (χ0n) is 15.8. The molecule has 0 radical (unpaired) electrons. The van der Waals surface area contributed by atoms with E-state index in [1.807, 2.05) is 60.0 Å². The first-order valence-corrected chi connectivity index (χ1v) is 11.2. The van der Waals surface area contributed by atoms with E-state index in [-0.39, 0.29) is 5.91 Å². The van der Waals surface area contributed by atoms with Gasteiger partial charge in [0.05, 0.1) is 0 Å². The van der Waals surface area contributed by atoms with Crippen molar-refractivity contribution >= 4 is 58.0 Å². The molecule has 0 bridgehead atoms. The minimum Gasteiger partial charge on any atom is -0.362 e. The number of nitrogens with zero attached hydrogens (tertiary/aromatic N) is 1. The van der Waals surface area contributed by atoms with Crippen LogP contribution in [0.5, 0.6) is 0 Å². The molecule has 2 aromatic carbocycles. The van der Waals surface area contributed by atoms with Crippen LogP contribution in [0.4, 0.5) is 11.4 Å². The molecule has 2 aromatic rings. The SMILES string of the molecule is Cc1cc(NC(=S)NCCSCc2cccc(Cl)c2)ccc1N1CCCC1=O. The molecule has 0 aliphatic carbocycles. The number of anilines is 2. The zero-order chi connectivity index (χ0) is 19.9. The van der Waals surface area contributed by atoms with Gasteiger partial charge in [0.1, 0.15) is 0 Å². The van der Waals surface area contributed by atoms with Gasteiger partial charge in [-0.2, -0.15) is 11.8 Å². The number of hydrogen-bond donors (Lipinski definition) is 2. The van der Waals surface area contributed by atoms with Crippen LogP contribution in [0.25, 0.3) is 0 Å². The average Bonchev–Trinajstić information content (AvgIpc) is 3.07. The van der Waals surface area contributed by atoms with E-state index < -0.39 is 0 Å². The van der Waals surface area contributed by atoms with Crippen LogP contribution in [0, 0.1) is 6.92 Å². The van der Waals surface area contributed by atoms with E-state index in [0.29, 0.717) is 11.5 Å². The number of aryl methyl sites for hydroxylation is 1. The Balaban J connectivity index is 1.41. The smallest absolute Gasteiger partial charge is 0.227 e. The Kier molecular flexibility index (Phi) is 7.59. The second-order valence-electron chi connectivity index (χ2n) is 6.71. The van der Waals surface area contributed by atoms with Crippen molar-refractivity contribution in [3.63, 3.8) is 0 Å². The fourth-order valence-electron chi connectivity index (χ4n) is 3.17. The number of nitrogens with one attached hydrogen (secondary N) is 2. The van der Waals surface area contributed by atoms with Gasteiger partial charge in [-0.15, -0.1) is 0 Å². The van der Waals surface area contributed by atoms with Gasteiger partial charge in [-0.25, -0.2) is 0 Å². The van der Waals surface area contributed by atoms with Gasteiger partial charge in [0, 0.05) is 47.4 Å². The molecule has 1 saturated heterocycles. The van der Waals surface area contributed by atoms with Gasteiger partial charge in [-0.1, -0.05) is 23.7 Å². The van der Waals surface area contributed by atoms with E-state index in [1.54, 1.807) is 0 Å². The van der Waals surface area contributed by atoms with Crippen LogP contribution in [-0.2, 0) is 10.5 Å². The molecule has 0 unspecified atom stereocenters. The third-order valence-corrected chi connectivity index (χ3v) is 6.02. The Morgan fingerprint density at radius 2 is 2.14 bits per heavy atom. The van der Waals surface area contributed by atoms with Crippen molar-refractivity contribution in [1.29, 1.82) is 0 Å². The van der Waals surface area contributed by atoms with Crippen molar-refractivity contribution < 1.29 is 4.79 Å². The van der Waals surface area contributed by atoms with Crippen LogP contribution >= 0.6 is 35.6 Å². The molecule has 7 heteroatoms. The molecule has 28 heavy (non-hydrogen) atoms. The molecule has 0 aromatic heterocycles. The highest BCUT2D eigenvalue weighted by Crippen LogP contribution is 2.27. The third kappa shape index (κ3) is 5.87. The largest absolute Gasteiger partial charge is 0.362 e. The Morgan fingerprint density at radius 1 is 1.29 bits per heavy atom. The highest BCUT2D eigenvalue weighted by molar-refractivity contribution is 7.98. The average molecular weight is 434 g/mol. The topological polar surface area (TPSA) is 44.4 Å². The maximum Gasteiger partial charge on any atom is 0.227 e. The highest BCUT2D eigenvalue weighted by atomic mass is 35.5. The van der Waals surface area contributed by atoms with E-state index in [9.17, 15) is 4.79 Å². The molecule has 1 heterocycles. The van der Waals surface area contributed by atoms with Crippen molar-refractivity contribution in [3.8, 4) is 0 Å². The predicted molar refractivity (Wildman–Crippen MR) is 125 cm³/mol. The van der Waals surface area contributed by atoms with E-state index in [0.717, 1.165) is 53.0 Å². The van der Waals surface area contributed by atoms with Gasteiger partial charge in [-0.3, -0.25) is 4.79 Å². The first-order chi connectivity index (χ1) is 13.5. The standard InChI is InChI=1S/C21H24ClN3OS2/c1-15-12-18(7-8-19(15)25-10-3-6-20(25)26)24-21(27)23-9-11-28-14-16-4-2-5-17(22)13-16/h2,4-5,7-8,12-13H,3,6,9-11,14H2,1H3,(H2,23,24,27). The van der Waals surface area contributed by atoms with Gasteiger partial charge in [-0.05, 0) is 67.0 Å². The van der Waals surface area contributed by atoms with E-state index >= 15 is 0 Å². The van der Waals surface area contributed by atoms with Crippen LogP contribution in [0.3, 0.4) is 0 Å². The maximum atomic E-state index is 11.9. The van der Waals surface area contributed by atoms with Gasteiger partial charge in [0.15, 0.2) is 5.11 Å². The molecule has 3 rings (SSSR count). The minimum absolute atomic E-state index is 0.205. The van der Waals surface area contributed by atoms with Crippen molar-refractivity contribution in [3.05, 3.63) is 58.6 Å². The Hall–Kier alpha value is -1.76. The summed E-state index contributed by atoms with van der Waals surface area (Å²) in [7, 11) is 0. The molecule has 1 amide bonds. The zero-order valence-corrected chi connectivity index (χ0v) is 18.2. The summed E-state index contributed by atoms with van der Waals surface area (Å²) in [4.78, 5) is 13.8. The number of halogens is 1. The van der Waals surface area contributed by atoms with Gasteiger partial charge < -0.3 is 15.5 Å². The second-order valence-corrected chi connectivity index (χ2v) is 8.66. The second kappa shape index (κ2) is 10.1. The van der Waals surface area contributed by atoms with Crippen molar-refractivity contribution in [2.24, 2.45) is 0 Å². The third-order valence-electron chi connectivity index (χ3n) is 4.51. The number of carbonyl (C=O) groups is 1. The van der Waals surface area contributed by atoms with E-state index in [1.165, 1.54) is 5.56 Å². The predicted octanol–water partition coefficient (Wildman–Crippen LogP) is 5.00. The van der Waals surface area contributed by atoms with Crippen LogP contribution in [0.2, 0.25) is 5.02 Å². The molecule has 0 spiro atoms. The highest BCUT2D eigenvalue weighted by Gasteiger charge is 2.22. The molecule has 0 atom stereocenters. The molecule has 4 nitrogen and oxygen atoms in total. The number of hydrogen-bond acceptors (Lipinski definition) is 3. The lowest BCUT2D eigenvalue weighted by atomic mass is 10.1. The maximum absolute atomic E-state index is 11.9. The minimum atomic E-state index is 0.205. The van der Waals surface area contributed by atoms with Crippen LogP contribution in [0.15, 0.2) is 42.5 Å². The number of benzene rings is 2. The Labute approximate surface area is 181 Å². The van der Waals surface area contributed by atoms with E-state index in [4.69, 9.17) is 23.8 Å². The molecule has 1 fully saturated rings. The van der Waals surface area contributed by atoms with Crippen molar-refractivity contribution in [2.75, 3.05) is 29.1 Å². The van der Waals surface area contributed by atoms with E-state index in [2.05, 4.69) is 16.7 Å². The fraction of sp³-hybridized carbons (Fsp3) is 0.333. The lowest BCUT2D eigenvalue weighted by Crippen LogP contribution is -2.30. The Morgan fingerprint density at radius 3 is 2.86 bits per heavy atom. The summed E-state index contributed by atoms with van der Waals surface area (Å²) in [6.45, 7) is 3.62. The van der Waals surface area contributed by atoms with Gasteiger partial charge in [0.2, 0.25) is 5.91 Å². The van der Waals surface area contributed by atoms with Crippen LogP contribution < -0.4 is 15.5 Å². The Bertz CT molecular complexity index is 859. The normalized spacial score (nSPS) is 13.6. The summed E-state index contributed by atoms with van der Waals surface area (Å²) in [6, 6.07) is 13.9. The summed E-state index contributed by atoms with van der Waals surface area (Å²) in [5.41, 5.74) is 4.21. The van der Waals surface area contributed by atoms with Crippen LogP contribution in [0.1, 0.15) is 24.0 Å².